The van der Waals surface area contributed by atoms with Gasteiger partial charge in [0.15, 0.2) is 6.04 Å². The van der Waals surface area contributed by atoms with Gasteiger partial charge in [0.2, 0.25) is 0 Å². The number of carboxylic acids is 1. The zero-order valence-corrected chi connectivity index (χ0v) is 17.6. The van der Waals surface area contributed by atoms with Crippen molar-refractivity contribution in [3.63, 3.8) is 0 Å². The molecule has 0 aliphatic carbocycles. The predicted octanol–water partition coefficient (Wildman–Crippen LogP) is 4.93. The Labute approximate surface area is 189 Å². The monoisotopic (exact) mass is 491 g/mol. The molecule has 0 spiro atoms. The van der Waals surface area contributed by atoms with Crippen molar-refractivity contribution < 1.29 is 50.6 Å². The van der Waals surface area contributed by atoms with E-state index in [0.29, 0.717) is 12.1 Å². The molecule has 0 aromatic heterocycles. The second kappa shape index (κ2) is 10.6. The maximum absolute atomic E-state index is 13.1. The number of carbonyl (C=O) groups excluding carboxylic acids is 2. The van der Waals surface area contributed by atoms with Crippen LogP contribution in [0, 0.1) is 0 Å². The maximum Gasteiger partial charge on any atom is 0.416 e. The summed E-state index contributed by atoms with van der Waals surface area (Å²) in [6, 6.07) is 5.07. The number of rotatable bonds is 8. The Morgan fingerprint density at radius 1 is 0.971 bits per heavy atom. The van der Waals surface area contributed by atoms with E-state index in [1.165, 1.54) is 24.3 Å². The molecule has 1 unspecified atom stereocenters. The van der Waals surface area contributed by atoms with Crippen molar-refractivity contribution in [2.45, 2.75) is 37.7 Å². The van der Waals surface area contributed by atoms with Gasteiger partial charge in [0, 0.05) is 12.0 Å². The minimum Gasteiger partial charge on any atom is -0.479 e. The number of aryl methyl sites for hydroxylation is 1. The molecule has 0 aliphatic rings. The molecule has 1 amide bonds. The summed E-state index contributed by atoms with van der Waals surface area (Å²) in [6.45, 7) is 0. The van der Waals surface area contributed by atoms with E-state index >= 15 is 0 Å². The lowest BCUT2D eigenvalue weighted by molar-refractivity contribution is -0.139. The summed E-state index contributed by atoms with van der Waals surface area (Å²) in [6.07, 6.45) is -11.7. The van der Waals surface area contributed by atoms with E-state index in [1.54, 1.807) is 0 Å². The number of carboxylic acid groups (broad SMARTS) is 1. The first kappa shape index (κ1) is 26.7. The van der Waals surface area contributed by atoms with Crippen LogP contribution in [0.3, 0.4) is 0 Å². The van der Waals surface area contributed by atoms with E-state index in [1.807, 2.05) is 0 Å². The van der Waals surface area contributed by atoms with Crippen molar-refractivity contribution in [1.29, 1.82) is 0 Å². The van der Waals surface area contributed by atoms with Crippen LogP contribution in [0.1, 0.15) is 56.3 Å². The summed E-state index contributed by atoms with van der Waals surface area (Å²) in [5.41, 5.74) is -1.67. The molecule has 184 valence electrons. The number of aliphatic carboxylic acids is 1. The number of ether oxygens (including phenoxy) is 1. The van der Waals surface area contributed by atoms with Crippen LogP contribution in [-0.4, -0.2) is 36.2 Å². The molecule has 0 saturated heterocycles. The first-order valence-corrected chi connectivity index (χ1v) is 9.71. The molecule has 0 heterocycles. The van der Waals surface area contributed by atoms with Gasteiger partial charge >= 0.3 is 24.3 Å². The fourth-order valence-electron chi connectivity index (χ4n) is 3.12. The van der Waals surface area contributed by atoms with Crippen LogP contribution in [-0.2, 0) is 22.1 Å². The number of alkyl halides is 6. The van der Waals surface area contributed by atoms with Gasteiger partial charge in [-0.3, -0.25) is 4.79 Å². The number of hydrogen-bond acceptors (Lipinski definition) is 4. The Bertz CT molecular complexity index is 1050. The van der Waals surface area contributed by atoms with Crippen molar-refractivity contribution in [2.75, 3.05) is 7.11 Å². The van der Waals surface area contributed by atoms with Gasteiger partial charge in [-0.2, -0.15) is 26.3 Å². The molecule has 2 N–H and O–H groups in total. The smallest absolute Gasteiger partial charge is 0.416 e. The van der Waals surface area contributed by atoms with Gasteiger partial charge in [0.25, 0.3) is 5.91 Å². The highest BCUT2D eigenvalue weighted by Gasteiger charge is 2.33. The Kier molecular flexibility index (Phi) is 8.30. The molecular formula is C22H19F6NO5. The highest BCUT2D eigenvalue weighted by molar-refractivity contribution is 5.98. The molecule has 2 rings (SSSR count). The number of benzene rings is 2. The first-order valence-electron chi connectivity index (χ1n) is 9.71. The van der Waals surface area contributed by atoms with Crippen LogP contribution in [0.5, 0.6) is 0 Å². The minimum atomic E-state index is -4.80. The summed E-state index contributed by atoms with van der Waals surface area (Å²) >= 11 is 0. The highest BCUT2D eigenvalue weighted by atomic mass is 19.4. The number of nitrogens with one attached hydrogen (secondary N) is 1. The van der Waals surface area contributed by atoms with Crippen LogP contribution in [0.25, 0.3) is 0 Å². The third-order valence-electron chi connectivity index (χ3n) is 4.78. The average Bonchev–Trinajstić information content (AvgIpc) is 2.75. The number of amides is 1. The third-order valence-corrected chi connectivity index (χ3v) is 4.78. The lowest BCUT2D eigenvalue weighted by atomic mass is 9.93. The van der Waals surface area contributed by atoms with Crippen LogP contribution in [0.4, 0.5) is 26.3 Å². The molecule has 0 fully saturated rings. The van der Waals surface area contributed by atoms with Gasteiger partial charge in [-0.1, -0.05) is 6.07 Å². The molecule has 2 aromatic carbocycles. The Morgan fingerprint density at radius 3 is 2.06 bits per heavy atom. The zero-order valence-electron chi connectivity index (χ0n) is 17.6. The van der Waals surface area contributed by atoms with Crippen molar-refractivity contribution >= 4 is 17.8 Å². The highest BCUT2D eigenvalue weighted by Crippen LogP contribution is 2.33. The Morgan fingerprint density at radius 2 is 1.56 bits per heavy atom. The summed E-state index contributed by atoms with van der Waals surface area (Å²) in [5.74, 6) is -3.23. The van der Waals surface area contributed by atoms with Crippen molar-refractivity contribution in [2.24, 2.45) is 0 Å². The van der Waals surface area contributed by atoms with Gasteiger partial charge in [-0.15, -0.1) is 0 Å². The predicted molar refractivity (Wildman–Crippen MR) is 106 cm³/mol. The summed E-state index contributed by atoms with van der Waals surface area (Å²) in [7, 11) is 1.15. The van der Waals surface area contributed by atoms with E-state index in [4.69, 9.17) is 0 Å². The van der Waals surface area contributed by atoms with Gasteiger partial charge in [-0.05, 0) is 60.4 Å². The van der Waals surface area contributed by atoms with Crippen LogP contribution >= 0.6 is 0 Å². The van der Waals surface area contributed by atoms with Gasteiger partial charge < -0.3 is 15.2 Å². The molecular weight excluding hydrogens is 472 g/mol. The van der Waals surface area contributed by atoms with E-state index < -0.39 is 61.1 Å². The van der Waals surface area contributed by atoms with Crippen LogP contribution in [0.15, 0.2) is 42.5 Å². The van der Waals surface area contributed by atoms with Crippen LogP contribution < -0.4 is 5.32 Å². The number of hydrogen-bond donors (Lipinski definition) is 2. The van der Waals surface area contributed by atoms with E-state index in [0.717, 1.165) is 13.2 Å². The van der Waals surface area contributed by atoms with Crippen molar-refractivity contribution in [3.8, 4) is 0 Å². The average molecular weight is 491 g/mol. The van der Waals surface area contributed by atoms with Crippen molar-refractivity contribution in [3.05, 3.63) is 70.3 Å². The normalized spacial score (nSPS) is 12.7. The fraction of sp³-hybridized carbons (Fsp3) is 0.318. The number of carbonyl (C=O) groups is 3. The zero-order chi connectivity index (χ0) is 25.7. The topological polar surface area (TPSA) is 92.7 Å². The molecule has 6 nitrogen and oxygen atoms in total. The minimum absolute atomic E-state index is 0.0653. The van der Waals surface area contributed by atoms with Gasteiger partial charge in [0.05, 0.1) is 18.2 Å². The lowest BCUT2D eigenvalue weighted by Crippen LogP contribution is -2.34. The molecule has 1 atom stereocenters. The largest absolute Gasteiger partial charge is 0.479 e. The SMILES string of the molecule is COC(=O)c1ccc(C(=O)NC(C(=O)O)c2ccc(C(F)(F)F)cc2CCCC(F)(F)F)cc1. The summed E-state index contributed by atoms with van der Waals surface area (Å²) in [5, 5.41) is 11.8. The van der Waals surface area contributed by atoms with E-state index in [-0.39, 0.29) is 22.3 Å². The Hall–Kier alpha value is -3.57. The quantitative estimate of drug-likeness (QED) is 0.404. The van der Waals surface area contributed by atoms with Crippen molar-refractivity contribution in [1.82, 2.24) is 5.32 Å². The number of methoxy groups -OCH3 is 1. The summed E-state index contributed by atoms with van der Waals surface area (Å²) in [4.78, 5) is 35.9. The van der Waals surface area contributed by atoms with E-state index in [2.05, 4.69) is 10.1 Å². The molecule has 2 aromatic rings. The standard InChI is InChI=1S/C22H19F6NO5/c1-34-20(33)13-6-4-12(5-7-13)18(30)29-17(19(31)32)16-9-8-15(22(26,27)28)11-14(16)3-2-10-21(23,24)25/h4-9,11,17H,2-3,10H2,1H3,(H,29,30)(H,31,32). The number of halogens is 6. The van der Waals surface area contributed by atoms with Gasteiger partial charge in [0.1, 0.15) is 0 Å². The lowest BCUT2D eigenvalue weighted by Gasteiger charge is -2.20. The molecule has 34 heavy (non-hydrogen) atoms. The Balaban J connectivity index is 2.36. The van der Waals surface area contributed by atoms with E-state index in [9.17, 15) is 45.8 Å². The van der Waals surface area contributed by atoms with Crippen LogP contribution in [0.2, 0.25) is 0 Å². The molecule has 0 bridgehead atoms. The molecule has 0 saturated carbocycles. The molecule has 12 heteroatoms. The second-order valence-electron chi connectivity index (χ2n) is 7.19. The maximum atomic E-state index is 13.1. The second-order valence-corrected chi connectivity index (χ2v) is 7.19. The first-order chi connectivity index (χ1) is 15.7. The molecule has 0 radical (unpaired) electrons. The summed E-state index contributed by atoms with van der Waals surface area (Å²) < 4.78 is 81.4. The van der Waals surface area contributed by atoms with Gasteiger partial charge in [-0.25, -0.2) is 9.59 Å². The number of esters is 1. The fourth-order valence-corrected chi connectivity index (χ4v) is 3.12. The molecule has 0 aliphatic heterocycles. The third kappa shape index (κ3) is 7.22.